The van der Waals surface area contributed by atoms with Crippen molar-refractivity contribution in [3.8, 4) is 0 Å². The molecule has 11 heteroatoms. The molecule has 0 bridgehead atoms. The Morgan fingerprint density at radius 2 is 1.02 bits per heavy atom. The first-order valence-electron chi connectivity index (χ1n) is 18.0. The van der Waals surface area contributed by atoms with E-state index in [0.717, 1.165) is 5.56 Å². The van der Waals surface area contributed by atoms with Crippen LogP contribution < -0.4 is 11.1 Å². The smallest absolute Gasteiger partial charge is 0.421 e. The highest BCUT2D eigenvalue weighted by molar-refractivity contribution is 5.96. The Balaban J connectivity index is 1.79. The SMILES string of the molecule is CCCC[C@H](N[C@](CCCCN)(C(=O)OCc1ccccc1)N(C(=O)OCc1ccccc1)C(=O)OCc1ccccc1)C(=O)OCc1ccccc1. The van der Waals surface area contributed by atoms with E-state index in [1.54, 1.807) is 72.8 Å². The van der Waals surface area contributed by atoms with Crippen molar-refractivity contribution in [3.05, 3.63) is 144 Å². The van der Waals surface area contributed by atoms with Crippen molar-refractivity contribution >= 4 is 24.1 Å². The minimum Gasteiger partial charge on any atom is -0.460 e. The van der Waals surface area contributed by atoms with Crippen LogP contribution in [0.15, 0.2) is 121 Å². The predicted octanol–water partition coefficient (Wildman–Crippen LogP) is 7.42. The highest BCUT2D eigenvalue weighted by Crippen LogP contribution is 2.28. The molecule has 0 unspecified atom stereocenters. The van der Waals surface area contributed by atoms with Gasteiger partial charge in [0.1, 0.15) is 32.5 Å². The summed E-state index contributed by atoms with van der Waals surface area (Å²) in [5.41, 5.74) is 6.35. The summed E-state index contributed by atoms with van der Waals surface area (Å²) in [5.74, 6) is -1.65. The molecule has 2 amide bonds. The summed E-state index contributed by atoms with van der Waals surface area (Å²) in [6.07, 6.45) is -0.324. The molecule has 3 N–H and O–H groups in total. The van der Waals surface area contributed by atoms with Crippen LogP contribution >= 0.6 is 0 Å². The first kappa shape index (κ1) is 40.3. The molecule has 0 heterocycles. The maximum Gasteiger partial charge on any atom is 0.421 e. The largest absolute Gasteiger partial charge is 0.460 e. The molecule has 0 aromatic heterocycles. The first-order valence-corrected chi connectivity index (χ1v) is 18.0. The van der Waals surface area contributed by atoms with Crippen LogP contribution in [0.4, 0.5) is 9.59 Å². The van der Waals surface area contributed by atoms with Crippen molar-refractivity contribution < 1.29 is 38.1 Å². The number of nitrogens with zero attached hydrogens (tertiary/aromatic N) is 1. The van der Waals surface area contributed by atoms with Gasteiger partial charge in [0.25, 0.3) is 0 Å². The molecule has 0 aliphatic carbocycles. The lowest BCUT2D eigenvalue weighted by Gasteiger charge is -2.41. The van der Waals surface area contributed by atoms with E-state index in [1.165, 1.54) is 0 Å². The number of amides is 2. The number of benzene rings is 4. The molecule has 0 saturated carbocycles. The molecule has 53 heavy (non-hydrogen) atoms. The molecule has 4 rings (SSSR count). The summed E-state index contributed by atoms with van der Waals surface area (Å²) >= 11 is 0. The average molecular weight is 724 g/mol. The number of imide groups is 1. The van der Waals surface area contributed by atoms with Crippen LogP contribution in [0.1, 0.15) is 67.7 Å². The fourth-order valence-electron chi connectivity index (χ4n) is 5.60. The van der Waals surface area contributed by atoms with Gasteiger partial charge in [-0.05, 0) is 54.5 Å². The molecule has 4 aromatic rings. The number of carbonyl (C=O) groups is 4. The van der Waals surface area contributed by atoms with Crippen LogP contribution in [-0.2, 0) is 55.0 Å². The number of carbonyl (C=O) groups excluding carboxylic acids is 4. The molecular formula is C42H49N3O8. The van der Waals surface area contributed by atoms with Crippen LogP contribution in [0.5, 0.6) is 0 Å². The Morgan fingerprint density at radius 3 is 1.43 bits per heavy atom. The van der Waals surface area contributed by atoms with Gasteiger partial charge in [-0.1, -0.05) is 141 Å². The maximum atomic E-state index is 14.7. The molecule has 0 aliphatic heterocycles. The zero-order valence-corrected chi connectivity index (χ0v) is 30.2. The van der Waals surface area contributed by atoms with Crippen LogP contribution in [0, 0.1) is 0 Å². The zero-order valence-electron chi connectivity index (χ0n) is 30.2. The Hall–Kier alpha value is -5.52. The average Bonchev–Trinajstić information content (AvgIpc) is 3.20. The van der Waals surface area contributed by atoms with Crippen molar-refractivity contribution in [1.29, 1.82) is 0 Å². The van der Waals surface area contributed by atoms with Gasteiger partial charge in [0.05, 0.1) is 0 Å². The zero-order chi connectivity index (χ0) is 37.7. The molecule has 0 radical (unpaired) electrons. The number of nitrogens with one attached hydrogen (secondary N) is 1. The number of esters is 2. The second kappa shape index (κ2) is 21.8. The van der Waals surface area contributed by atoms with E-state index in [0.29, 0.717) is 40.9 Å². The Kier molecular flexibility index (Phi) is 16.5. The van der Waals surface area contributed by atoms with Gasteiger partial charge in [-0.15, -0.1) is 0 Å². The van der Waals surface area contributed by atoms with Gasteiger partial charge in [-0.3, -0.25) is 10.1 Å². The fourth-order valence-corrected chi connectivity index (χ4v) is 5.60. The molecule has 4 aromatic carbocycles. The van der Waals surface area contributed by atoms with Crippen molar-refractivity contribution in [2.75, 3.05) is 6.54 Å². The van der Waals surface area contributed by atoms with Crippen LogP contribution in [-0.4, -0.2) is 47.3 Å². The number of unbranched alkanes of at least 4 members (excludes halogenated alkanes) is 2. The molecule has 11 nitrogen and oxygen atoms in total. The van der Waals surface area contributed by atoms with E-state index in [-0.39, 0.29) is 52.2 Å². The molecule has 0 spiro atoms. The van der Waals surface area contributed by atoms with E-state index >= 15 is 0 Å². The first-order chi connectivity index (χ1) is 25.9. The fraction of sp³-hybridized carbons (Fsp3) is 0.333. The van der Waals surface area contributed by atoms with Gasteiger partial charge >= 0.3 is 24.1 Å². The second-order valence-electron chi connectivity index (χ2n) is 12.5. The quantitative estimate of drug-likeness (QED) is 0.0409. The van der Waals surface area contributed by atoms with E-state index in [1.807, 2.05) is 55.5 Å². The summed E-state index contributed by atoms with van der Waals surface area (Å²) in [7, 11) is 0. The van der Waals surface area contributed by atoms with E-state index in [4.69, 9.17) is 24.7 Å². The summed E-state index contributed by atoms with van der Waals surface area (Å²) in [6.45, 7) is 1.61. The Labute approximate surface area is 311 Å². The predicted molar refractivity (Wildman–Crippen MR) is 200 cm³/mol. The van der Waals surface area contributed by atoms with Crippen molar-refractivity contribution in [3.63, 3.8) is 0 Å². The van der Waals surface area contributed by atoms with Gasteiger partial charge in [0.15, 0.2) is 0 Å². The van der Waals surface area contributed by atoms with Crippen LogP contribution in [0.25, 0.3) is 0 Å². The van der Waals surface area contributed by atoms with Crippen LogP contribution in [0.2, 0.25) is 0 Å². The number of rotatable bonds is 20. The van der Waals surface area contributed by atoms with Crippen molar-refractivity contribution in [2.45, 2.75) is 83.6 Å². The summed E-state index contributed by atoms with van der Waals surface area (Å²) < 4.78 is 23.1. The number of nitrogens with two attached hydrogens (primary N) is 1. The molecule has 0 aliphatic rings. The van der Waals surface area contributed by atoms with Gasteiger partial charge in [-0.25, -0.2) is 14.4 Å². The number of hydrogen-bond donors (Lipinski definition) is 2. The highest BCUT2D eigenvalue weighted by Gasteiger charge is 2.54. The maximum absolute atomic E-state index is 14.7. The Bertz CT molecular complexity index is 1640. The lowest BCUT2D eigenvalue weighted by atomic mass is 9.97. The van der Waals surface area contributed by atoms with Crippen molar-refractivity contribution in [1.82, 2.24) is 10.2 Å². The Morgan fingerprint density at radius 1 is 0.604 bits per heavy atom. The minimum absolute atomic E-state index is 0.0233. The lowest BCUT2D eigenvalue weighted by molar-refractivity contribution is -0.164. The molecule has 280 valence electrons. The third kappa shape index (κ3) is 12.6. The van der Waals surface area contributed by atoms with Crippen molar-refractivity contribution in [2.24, 2.45) is 5.73 Å². The second-order valence-corrected chi connectivity index (χ2v) is 12.5. The number of hydrogen-bond acceptors (Lipinski definition) is 10. The minimum atomic E-state index is -2.28. The summed E-state index contributed by atoms with van der Waals surface area (Å²) in [6, 6.07) is 34.8. The molecule has 0 saturated heterocycles. The lowest BCUT2D eigenvalue weighted by Crippen LogP contribution is -2.70. The molecule has 0 fully saturated rings. The van der Waals surface area contributed by atoms with E-state index < -0.39 is 35.8 Å². The summed E-state index contributed by atoms with van der Waals surface area (Å²) in [5, 5.41) is 3.13. The third-order valence-electron chi connectivity index (χ3n) is 8.47. The van der Waals surface area contributed by atoms with E-state index in [9.17, 15) is 19.2 Å². The topological polar surface area (TPSA) is 146 Å². The standard InChI is InChI=1S/C42H49N3O8/c1-2-3-26-37(38(46)50-29-33-18-8-4-9-19-33)44-42(27-16-17-28-43,39(47)51-30-34-20-10-5-11-21-34)45(40(48)52-31-35-22-12-6-13-23-35)41(49)53-32-36-24-14-7-15-25-36/h4-15,18-25,37,44H,2-3,16-17,26-32,43H2,1H3/t37-,42-/m0/s1. The van der Waals surface area contributed by atoms with Gasteiger partial charge in [0.2, 0.25) is 5.66 Å². The highest BCUT2D eigenvalue weighted by atomic mass is 16.6. The van der Waals surface area contributed by atoms with Crippen LogP contribution in [0.3, 0.4) is 0 Å². The normalized spacial score (nSPS) is 12.5. The monoisotopic (exact) mass is 723 g/mol. The summed E-state index contributed by atoms with van der Waals surface area (Å²) in [4.78, 5) is 57.9. The molecular weight excluding hydrogens is 674 g/mol. The van der Waals surface area contributed by atoms with E-state index in [2.05, 4.69) is 5.32 Å². The third-order valence-corrected chi connectivity index (χ3v) is 8.47. The number of ether oxygens (including phenoxy) is 4. The molecule has 2 atom stereocenters. The van der Waals surface area contributed by atoms with Gasteiger partial charge in [-0.2, -0.15) is 4.90 Å². The van der Waals surface area contributed by atoms with Gasteiger partial charge < -0.3 is 24.7 Å². The van der Waals surface area contributed by atoms with Gasteiger partial charge in [0, 0.05) is 0 Å².